The van der Waals surface area contributed by atoms with Gasteiger partial charge in [-0.15, -0.1) is 0 Å². The highest BCUT2D eigenvalue weighted by Gasteiger charge is 2.30. The molecule has 0 atom stereocenters. The summed E-state index contributed by atoms with van der Waals surface area (Å²) < 4.78 is 32.2. The average Bonchev–Trinajstić information content (AvgIpc) is 2.67. The van der Waals surface area contributed by atoms with Gasteiger partial charge in [0.25, 0.3) is 5.91 Å². The van der Waals surface area contributed by atoms with E-state index in [0.29, 0.717) is 28.9 Å². The van der Waals surface area contributed by atoms with E-state index in [1.54, 1.807) is 41.3 Å². The zero-order chi connectivity index (χ0) is 19.4. The Kier molecular flexibility index (Phi) is 6.26. The van der Waals surface area contributed by atoms with Crippen LogP contribution in [0.2, 0.25) is 10.0 Å². The lowest BCUT2D eigenvalue weighted by Gasteiger charge is -2.34. The van der Waals surface area contributed by atoms with Crippen LogP contribution in [0.15, 0.2) is 53.4 Å². The van der Waals surface area contributed by atoms with Crippen molar-refractivity contribution in [1.82, 2.24) is 9.21 Å². The molecule has 144 valence electrons. The molecular weight excluding hydrogens is 411 g/mol. The first-order valence-electron chi connectivity index (χ1n) is 8.28. The minimum atomic E-state index is -3.63. The van der Waals surface area contributed by atoms with Crippen molar-refractivity contribution in [3.05, 3.63) is 58.6 Å². The van der Waals surface area contributed by atoms with Crippen molar-refractivity contribution in [3.8, 4) is 5.75 Å². The quantitative estimate of drug-likeness (QED) is 0.733. The maximum atomic E-state index is 12.7. The summed E-state index contributed by atoms with van der Waals surface area (Å²) in [5.74, 6) is 0.361. The Hall–Kier alpha value is -1.80. The molecule has 2 aromatic rings. The molecule has 0 unspecified atom stereocenters. The van der Waals surface area contributed by atoms with E-state index in [9.17, 15) is 13.2 Å². The van der Waals surface area contributed by atoms with E-state index in [1.165, 1.54) is 16.4 Å². The van der Waals surface area contributed by atoms with Gasteiger partial charge < -0.3 is 9.64 Å². The highest BCUT2D eigenvalue weighted by atomic mass is 35.5. The van der Waals surface area contributed by atoms with Crippen LogP contribution in [-0.2, 0) is 14.8 Å². The number of carbonyl (C=O) groups excluding carboxylic acids is 1. The number of piperazine rings is 1. The molecule has 0 aliphatic carbocycles. The smallest absolute Gasteiger partial charge is 0.260 e. The molecule has 9 heteroatoms. The van der Waals surface area contributed by atoms with Crippen LogP contribution in [0.4, 0.5) is 0 Å². The number of hydrogen-bond donors (Lipinski definition) is 0. The predicted octanol–water partition coefficient (Wildman–Crippen LogP) is 2.91. The normalized spacial score (nSPS) is 15.6. The maximum Gasteiger partial charge on any atom is 0.260 e. The molecule has 0 radical (unpaired) electrons. The van der Waals surface area contributed by atoms with Gasteiger partial charge in [-0.1, -0.05) is 29.3 Å². The van der Waals surface area contributed by atoms with Crippen molar-refractivity contribution in [3.63, 3.8) is 0 Å². The van der Waals surface area contributed by atoms with Crippen LogP contribution < -0.4 is 4.74 Å². The largest absolute Gasteiger partial charge is 0.484 e. The minimum absolute atomic E-state index is 0.108. The molecule has 0 aromatic heterocycles. The zero-order valence-corrected chi connectivity index (χ0v) is 16.7. The number of nitrogens with zero attached hydrogens (tertiary/aromatic N) is 2. The molecule has 1 amide bonds. The van der Waals surface area contributed by atoms with Gasteiger partial charge in [0, 0.05) is 36.2 Å². The van der Waals surface area contributed by atoms with Crippen LogP contribution in [0.5, 0.6) is 5.75 Å². The number of benzene rings is 2. The zero-order valence-electron chi connectivity index (χ0n) is 14.3. The van der Waals surface area contributed by atoms with Crippen LogP contribution in [0.3, 0.4) is 0 Å². The predicted molar refractivity (Wildman–Crippen MR) is 104 cm³/mol. The molecule has 1 saturated heterocycles. The van der Waals surface area contributed by atoms with Gasteiger partial charge in [-0.05, 0) is 42.5 Å². The highest BCUT2D eigenvalue weighted by Crippen LogP contribution is 2.21. The van der Waals surface area contributed by atoms with Crippen molar-refractivity contribution >= 4 is 39.1 Å². The average molecular weight is 429 g/mol. The lowest BCUT2D eigenvalue weighted by molar-refractivity contribution is -0.134. The molecule has 27 heavy (non-hydrogen) atoms. The van der Waals surface area contributed by atoms with Crippen LogP contribution in [0, 0.1) is 0 Å². The number of rotatable bonds is 5. The van der Waals surface area contributed by atoms with Crippen LogP contribution in [0.25, 0.3) is 0 Å². The van der Waals surface area contributed by atoms with Gasteiger partial charge >= 0.3 is 0 Å². The summed E-state index contributed by atoms with van der Waals surface area (Å²) in [6.07, 6.45) is 0. The second-order valence-corrected chi connectivity index (χ2v) is 8.80. The Bertz CT molecular complexity index is 911. The van der Waals surface area contributed by atoms with Gasteiger partial charge in [0.15, 0.2) is 6.61 Å². The minimum Gasteiger partial charge on any atom is -0.484 e. The third-order valence-corrected chi connectivity index (χ3v) is 6.58. The van der Waals surface area contributed by atoms with Crippen LogP contribution in [-0.4, -0.2) is 56.3 Å². The summed E-state index contributed by atoms with van der Waals surface area (Å²) in [6.45, 7) is 0.955. The SMILES string of the molecule is O=C(COc1ccc(Cl)cc1)N1CCN(S(=O)(=O)c2cccc(Cl)c2)CC1. The monoisotopic (exact) mass is 428 g/mol. The topological polar surface area (TPSA) is 66.9 Å². The molecule has 0 bridgehead atoms. The summed E-state index contributed by atoms with van der Waals surface area (Å²) in [6, 6.07) is 12.9. The fourth-order valence-electron chi connectivity index (χ4n) is 2.72. The molecular formula is C18H18Cl2N2O4S. The van der Waals surface area contributed by atoms with Crippen molar-refractivity contribution in [2.75, 3.05) is 32.8 Å². The second kappa shape index (κ2) is 8.48. The summed E-state index contributed by atoms with van der Waals surface area (Å²) in [7, 11) is -3.63. The van der Waals surface area contributed by atoms with E-state index in [-0.39, 0.29) is 30.5 Å². The Balaban J connectivity index is 1.55. The molecule has 3 rings (SSSR count). The third kappa shape index (κ3) is 4.93. The Morgan fingerprint density at radius 2 is 1.63 bits per heavy atom. The lowest BCUT2D eigenvalue weighted by atomic mass is 10.3. The molecule has 0 spiro atoms. The fraction of sp³-hybridized carbons (Fsp3) is 0.278. The number of sulfonamides is 1. The first-order chi connectivity index (χ1) is 12.9. The van der Waals surface area contributed by atoms with E-state index in [0.717, 1.165) is 0 Å². The van der Waals surface area contributed by atoms with E-state index in [2.05, 4.69) is 0 Å². The standard InChI is InChI=1S/C18H18Cl2N2O4S/c19-14-4-6-16(7-5-14)26-13-18(23)21-8-10-22(11-9-21)27(24,25)17-3-1-2-15(20)12-17/h1-7,12H,8-11,13H2. The van der Waals surface area contributed by atoms with Gasteiger partial charge in [0.1, 0.15) is 5.75 Å². The van der Waals surface area contributed by atoms with Gasteiger partial charge in [0.2, 0.25) is 10.0 Å². The number of hydrogen-bond acceptors (Lipinski definition) is 4. The first kappa shape index (κ1) is 19.9. The van der Waals surface area contributed by atoms with Crippen LogP contribution >= 0.6 is 23.2 Å². The second-order valence-electron chi connectivity index (χ2n) is 5.98. The Morgan fingerprint density at radius 3 is 2.26 bits per heavy atom. The highest BCUT2D eigenvalue weighted by molar-refractivity contribution is 7.89. The van der Waals surface area contributed by atoms with Gasteiger partial charge in [0.05, 0.1) is 4.90 Å². The molecule has 1 heterocycles. The van der Waals surface area contributed by atoms with E-state index >= 15 is 0 Å². The molecule has 1 aliphatic heterocycles. The van der Waals surface area contributed by atoms with Gasteiger partial charge in [-0.25, -0.2) is 8.42 Å². The summed E-state index contributed by atoms with van der Waals surface area (Å²) >= 11 is 11.7. The van der Waals surface area contributed by atoms with E-state index in [4.69, 9.17) is 27.9 Å². The Labute approximate surface area is 168 Å². The Morgan fingerprint density at radius 1 is 0.963 bits per heavy atom. The molecule has 1 aliphatic rings. The fourth-order valence-corrected chi connectivity index (χ4v) is 4.57. The van der Waals surface area contributed by atoms with E-state index < -0.39 is 10.0 Å². The number of ether oxygens (including phenoxy) is 1. The number of carbonyl (C=O) groups is 1. The van der Waals surface area contributed by atoms with Crippen molar-refractivity contribution in [2.45, 2.75) is 4.90 Å². The number of amides is 1. The van der Waals surface area contributed by atoms with Crippen molar-refractivity contribution in [2.24, 2.45) is 0 Å². The first-order valence-corrected chi connectivity index (χ1v) is 10.5. The molecule has 1 fully saturated rings. The number of halogens is 2. The third-order valence-electron chi connectivity index (χ3n) is 4.20. The molecule has 0 N–H and O–H groups in total. The summed E-state index contributed by atoms with van der Waals surface area (Å²) in [5.41, 5.74) is 0. The van der Waals surface area contributed by atoms with Gasteiger partial charge in [-0.3, -0.25) is 4.79 Å². The molecule has 6 nitrogen and oxygen atoms in total. The van der Waals surface area contributed by atoms with Crippen LogP contribution in [0.1, 0.15) is 0 Å². The van der Waals surface area contributed by atoms with Gasteiger partial charge in [-0.2, -0.15) is 4.31 Å². The summed E-state index contributed by atoms with van der Waals surface area (Å²) in [4.78, 5) is 14.0. The lowest BCUT2D eigenvalue weighted by Crippen LogP contribution is -2.51. The van der Waals surface area contributed by atoms with E-state index in [1.807, 2.05) is 0 Å². The molecule has 2 aromatic carbocycles. The van der Waals surface area contributed by atoms with Crippen molar-refractivity contribution in [1.29, 1.82) is 0 Å². The maximum absolute atomic E-state index is 12.7. The van der Waals surface area contributed by atoms with Crippen molar-refractivity contribution < 1.29 is 17.9 Å². The molecule has 0 saturated carbocycles. The summed E-state index contributed by atoms with van der Waals surface area (Å²) in [5, 5.41) is 0.954.